The molecular weight excluding hydrogens is 140 g/mol. The molecule has 0 aliphatic heterocycles. The van der Waals surface area contributed by atoms with Gasteiger partial charge in [-0.25, -0.2) is 0 Å². The van der Waals surface area contributed by atoms with Crippen LogP contribution in [0.25, 0.3) is 0 Å². The van der Waals surface area contributed by atoms with E-state index < -0.39 is 6.10 Å². The van der Waals surface area contributed by atoms with Gasteiger partial charge in [0.15, 0.2) is 6.10 Å². The van der Waals surface area contributed by atoms with Crippen LogP contribution in [-0.4, -0.2) is 10.1 Å². The van der Waals surface area contributed by atoms with E-state index in [4.69, 9.17) is 10.4 Å². The van der Waals surface area contributed by atoms with Gasteiger partial charge >= 0.3 is 0 Å². The first kappa shape index (κ1) is 7.70. The Morgan fingerprint density at radius 2 is 2.36 bits per heavy atom. The largest absolute Gasteiger partial charge is 0.373 e. The average molecular weight is 148 g/mol. The fourth-order valence-electron chi connectivity index (χ4n) is 0.707. The maximum absolute atomic E-state index is 9.00. The van der Waals surface area contributed by atoms with E-state index in [9.17, 15) is 0 Å². The van der Waals surface area contributed by atoms with Crippen LogP contribution in [0.15, 0.2) is 18.3 Å². The van der Waals surface area contributed by atoms with Crippen molar-refractivity contribution in [3.05, 3.63) is 29.6 Å². The van der Waals surface area contributed by atoms with Gasteiger partial charge in [0.1, 0.15) is 6.07 Å². The second-order valence-corrected chi connectivity index (χ2v) is 2.29. The minimum absolute atomic E-state index is 0.401. The number of rotatable bonds is 1. The molecule has 1 N–H and O–H groups in total. The number of pyridine rings is 1. The van der Waals surface area contributed by atoms with Crippen LogP contribution in [-0.2, 0) is 0 Å². The first-order chi connectivity index (χ1) is 5.24. The van der Waals surface area contributed by atoms with Gasteiger partial charge in [-0.05, 0) is 18.6 Å². The first-order valence-electron chi connectivity index (χ1n) is 3.24. The Morgan fingerprint density at radius 3 is 2.82 bits per heavy atom. The number of hydrogen-bond acceptors (Lipinski definition) is 3. The number of aromatic nitrogens is 1. The second-order valence-electron chi connectivity index (χ2n) is 2.29. The molecule has 0 saturated heterocycles. The maximum atomic E-state index is 9.00. The van der Waals surface area contributed by atoms with Crippen LogP contribution in [0.1, 0.15) is 17.4 Å². The van der Waals surface area contributed by atoms with Gasteiger partial charge in [0, 0.05) is 6.20 Å². The van der Waals surface area contributed by atoms with Crippen LogP contribution in [0.3, 0.4) is 0 Å². The monoisotopic (exact) mass is 148 g/mol. The van der Waals surface area contributed by atoms with Crippen molar-refractivity contribution in [3.8, 4) is 6.07 Å². The van der Waals surface area contributed by atoms with Crippen molar-refractivity contribution in [1.29, 1.82) is 5.26 Å². The Labute approximate surface area is 64.9 Å². The summed E-state index contributed by atoms with van der Waals surface area (Å²) >= 11 is 0. The molecule has 0 unspecified atom stereocenters. The lowest BCUT2D eigenvalue weighted by Crippen LogP contribution is -1.96. The predicted molar refractivity (Wildman–Crippen MR) is 39.5 cm³/mol. The topological polar surface area (TPSA) is 56.9 Å². The Morgan fingerprint density at radius 1 is 1.64 bits per heavy atom. The molecule has 3 heteroatoms. The molecule has 1 aromatic rings. The molecule has 1 heterocycles. The highest BCUT2D eigenvalue weighted by atomic mass is 16.3. The van der Waals surface area contributed by atoms with Gasteiger partial charge in [-0.2, -0.15) is 5.26 Å². The van der Waals surface area contributed by atoms with E-state index in [0.29, 0.717) is 5.69 Å². The van der Waals surface area contributed by atoms with Crippen LogP contribution >= 0.6 is 0 Å². The number of nitriles is 1. The number of nitrogens with zero attached hydrogens (tertiary/aromatic N) is 2. The first-order valence-corrected chi connectivity index (χ1v) is 3.24. The molecule has 3 nitrogen and oxygen atoms in total. The molecule has 0 aliphatic rings. The SMILES string of the molecule is Cc1ccc([C@@H](O)C#N)nc1. The molecule has 0 aliphatic carbocycles. The van der Waals surface area contributed by atoms with E-state index in [-0.39, 0.29) is 0 Å². The summed E-state index contributed by atoms with van der Waals surface area (Å²) in [6.07, 6.45) is 0.520. The summed E-state index contributed by atoms with van der Waals surface area (Å²) in [5, 5.41) is 17.3. The van der Waals surface area contributed by atoms with Gasteiger partial charge in [-0.15, -0.1) is 0 Å². The van der Waals surface area contributed by atoms with Crippen molar-refractivity contribution < 1.29 is 5.11 Å². The van der Waals surface area contributed by atoms with E-state index >= 15 is 0 Å². The summed E-state index contributed by atoms with van der Waals surface area (Å²) in [4.78, 5) is 3.88. The van der Waals surface area contributed by atoms with Gasteiger partial charge in [0.25, 0.3) is 0 Å². The molecule has 1 atom stereocenters. The van der Waals surface area contributed by atoms with Crippen molar-refractivity contribution in [1.82, 2.24) is 4.98 Å². The standard InChI is InChI=1S/C8H8N2O/c1-6-2-3-7(10-5-6)8(11)4-9/h2-3,5,8,11H,1H3/t8-/m0/s1. The average Bonchev–Trinajstić information content (AvgIpc) is 2.05. The Bertz CT molecular complexity index is 273. The number of aliphatic hydroxyl groups is 1. The van der Waals surface area contributed by atoms with Crippen LogP contribution < -0.4 is 0 Å². The van der Waals surface area contributed by atoms with Crippen LogP contribution in [0.5, 0.6) is 0 Å². The molecule has 0 spiro atoms. The second kappa shape index (κ2) is 3.13. The summed E-state index contributed by atoms with van der Waals surface area (Å²) in [5.74, 6) is 0. The van der Waals surface area contributed by atoms with Crippen molar-refractivity contribution in [2.24, 2.45) is 0 Å². The summed E-state index contributed by atoms with van der Waals surface area (Å²) in [7, 11) is 0. The third-order valence-corrected chi connectivity index (χ3v) is 1.34. The van der Waals surface area contributed by atoms with Crippen LogP contribution in [0.2, 0.25) is 0 Å². The molecule has 1 aromatic heterocycles. The molecular formula is C8H8N2O. The summed E-state index contributed by atoms with van der Waals surface area (Å²) in [5.41, 5.74) is 1.41. The highest BCUT2D eigenvalue weighted by Crippen LogP contribution is 2.07. The fourth-order valence-corrected chi connectivity index (χ4v) is 0.707. The van der Waals surface area contributed by atoms with Gasteiger partial charge < -0.3 is 5.11 Å². The number of hydrogen-bond donors (Lipinski definition) is 1. The lowest BCUT2D eigenvalue weighted by molar-refractivity contribution is 0.231. The summed E-state index contributed by atoms with van der Waals surface area (Å²) in [6, 6.07) is 5.14. The molecule has 0 bridgehead atoms. The minimum atomic E-state index is -1.10. The van der Waals surface area contributed by atoms with Gasteiger partial charge in [0.05, 0.1) is 5.69 Å². The molecule has 0 radical (unpaired) electrons. The third-order valence-electron chi connectivity index (χ3n) is 1.34. The maximum Gasteiger partial charge on any atom is 0.182 e. The number of aryl methyl sites for hydroxylation is 1. The molecule has 0 saturated carbocycles. The van der Waals surface area contributed by atoms with E-state index in [0.717, 1.165) is 5.56 Å². The van der Waals surface area contributed by atoms with Gasteiger partial charge in [0.2, 0.25) is 0 Å². The predicted octanol–water partition coefficient (Wildman–Crippen LogP) is 0.947. The Hall–Kier alpha value is -1.40. The minimum Gasteiger partial charge on any atom is -0.373 e. The van der Waals surface area contributed by atoms with Crippen molar-refractivity contribution in [3.63, 3.8) is 0 Å². The van der Waals surface area contributed by atoms with Crippen molar-refractivity contribution in [2.45, 2.75) is 13.0 Å². The molecule has 0 amide bonds. The van der Waals surface area contributed by atoms with Crippen molar-refractivity contribution >= 4 is 0 Å². The lowest BCUT2D eigenvalue weighted by atomic mass is 10.2. The smallest absolute Gasteiger partial charge is 0.182 e. The normalized spacial score (nSPS) is 12.1. The summed E-state index contributed by atoms with van der Waals surface area (Å²) < 4.78 is 0. The zero-order valence-corrected chi connectivity index (χ0v) is 6.15. The highest BCUT2D eigenvalue weighted by Gasteiger charge is 2.04. The van der Waals surface area contributed by atoms with Crippen LogP contribution in [0, 0.1) is 18.3 Å². The number of aliphatic hydroxyl groups excluding tert-OH is 1. The molecule has 1 rings (SSSR count). The molecule has 0 aromatic carbocycles. The zero-order valence-electron chi connectivity index (χ0n) is 6.15. The Kier molecular flexibility index (Phi) is 2.19. The molecule has 11 heavy (non-hydrogen) atoms. The van der Waals surface area contributed by atoms with Gasteiger partial charge in [-0.1, -0.05) is 6.07 Å². The zero-order chi connectivity index (χ0) is 8.27. The Balaban J connectivity index is 2.92. The van der Waals surface area contributed by atoms with Crippen LogP contribution in [0.4, 0.5) is 0 Å². The quantitative estimate of drug-likeness (QED) is 0.603. The van der Waals surface area contributed by atoms with Gasteiger partial charge in [-0.3, -0.25) is 4.98 Å². The van der Waals surface area contributed by atoms with E-state index in [1.165, 1.54) is 0 Å². The van der Waals surface area contributed by atoms with E-state index in [1.54, 1.807) is 18.3 Å². The highest BCUT2D eigenvalue weighted by molar-refractivity contribution is 5.17. The fraction of sp³-hybridized carbons (Fsp3) is 0.250. The van der Waals surface area contributed by atoms with E-state index in [1.807, 2.05) is 13.0 Å². The van der Waals surface area contributed by atoms with Crippen molar-refractivity contribution in [2.75, 3.05) is 0 Å². The summed E-state index contributed by atoms with van der Waals surface area (Å²) in [6.45, 7) is 1.90. The third kappa shape index (κ3) is 1.76. The molecule has 56 valence electrons. The lowest BCUT2D eigenvalue weighted by Gasteiger charge is -1.99. The molecule has 0 fully saturated rings. The van der Waals surface area contributed by atoms with E-state index in [2.05, 4.69) is 4.98 Å².